The Labute approximate surface area is 109 Å². The first-order valence-electron chi connectivity index (χ1n) is 7.41. The third-order valence-electron chi connectivity index (χ3n) is 5.38. The van der Waals surface area contributed by atoms with Crippen LogP contribution in [0.15, 0.2) is 0 Å². The number of nitrogens with one attached hydrogen (secondary N) is 1. The predicted octanol–water partition coefficient (Wildman–Crippen LogP) is 1.41. The van der Waals surface area contributed by atoms with Crippen molar-refractivity contribution in [3.8, 4) is 0 Å². The fourth-order valence-corrected chi connectivity index (χ4v) is 5.07. The molecule has 0 aliphatic heterocycles. The van der Waals surface area contributed by atoms with Crippen molar-refractivity contribution in [3.05, 3.63) is 0 Å². The zero-order valence-corrected chi connectivity index (χ0v) is 11.3. The van der Waals surface area contributed by atoms with Crippen LogP contribution in [0.4, 0.5) is 4.79 Å². The van der Waals surface area contributed by atoms with E-state index in [0.29, 0.717) is 19.1 Å². The van der Waals surface area contributed by atoms with Gasteiger partial charge in [-0.05, 0) is 55.8 Å². The second-order valence-electron chi connectivity index (χ2n) is 6.46. The SMILES string of the molecule is CNC(=O)N(CCN)C1C2CC3CC(C2)CC1C3. The molecule has 4 heteroatoms. The molecule has 0 heterocycles. The molecule has 4 nitrogen and oxygen atoms in total. The Balaban J connectivity index is 1.79. The van der Waals surface area contributed by atoms with Gasteiger partial charge < -0.3 is 16.0 Å². The largest absolute Gasteiger partial charge is 0.341 e. The molecule has 0 spiro atoms. The van der Waals surface area contributed by atoms with Gasteiger partial charge in [0.1, 0.15) is 0 Å². The summed E-state index contributed by atoms with van der Waals surface area (Å²) in [6, 6.07) is 0.527. The number of hydrogen-bond donors (Lipinski definition) is 2. The van der Waals surface area contributed by atoms with E-state index in [9.17, 15) is 4.79 Å². The van der Waals surface area contributed by atoms with E-state index in [1.165, 1.54) is 32.1 Å². The summed E-state index contributed by atoms with van der Waals surface area (Å²) in [7, 11) is 1.72. The van der Waals surface area contributed by atoms with Crippen LogP contribution in [-0.2, 0) is 0 Å². The second-order valence-corrected chi connectivity index (χ2v) is 6.46. The molecule has 18 heavy (non-hydrogen) atoms. The zero-order chi connectivity index (χ0) is 12.7. The first-order valence-corrected chi connectivity index (χ1v) is 7.41. The maximum absolute atomic E-state index is 12.1. The molecule has 0 unspecified atom stereocenters. The van der Waals surface area contributed by atoms with Crippen LogP contribution in [0.5, 0.6) is 0 Å². The summed E-state index contributed by atoms with van der Waals surface area (Å²) in [6.07, 6.45) is 6.83. The minimum Gasteiger partial charge on any atom is -0.341 e. The van der Waals surface area contributed by atoms with Crippen molar-refractivity contribution >= 4 is 6.03 Å². The molecule has 4 rings (SSSR count). The molecule has 4 aliphatic rings. The van der Waals surface area contributed by atoms with Crippen LogP contribution < -0.4 is 11.1 Å². The lowest BCUT2D eigenvalue weighted by Crippen LogP contribution is -2.59. The molecule has 0 saturated heterocycles. The van der Waals surface area contributed by atoms with Crippen molar-refractivity contribution in [2.45, 2.75) is 38.1 Å². The van der Waals surface area contributed by atoms with Gasteiger partial charge in [0.05, 0.1) is 0 Å². The second kappa shape index (κ2) is 4.72. The maximum Gasteiger partial charge on any atom is 0.317 e. The molecule has 3 N–H and O–H groups in total. The summed E-state index contributed by atoms with van der Waals surface area (Å²) in [5.74, 6) is 3.39. The van der Waals surface area contributed by atoms with Gasteiger partial charge in [0, 0.05) is 26.2 Å². The highest BCUT2D eigenvalue weighted by molar-refractivity contribution is 5.74. The van der Waals surface area contributed by atoms with E-state index in [2.05, 4.69) is 5.32 Å². The van der Waals surface area contributed by atoms with E-state index >= 15 is 0 Å². The minimum absolute atomic E-state index is 0.0675. The molecule has 102 valence electrons. The van der Waals surface area contributed by atoms with Crippen molar-refractivity contribution in [1.29, 1.82) is 0 Å². The molecule has 4 bridgehead atoms. The number of hydrogen-bond acceptors (Lipinski definition) is 2. The van der Waals surface area contributed by atoms with Gasteiger partial charge >= 0.3 is 6.03 Å². The number of carbonyl (C=O) groups is 1. The Morgan fingerprint density at radius 1 is 1.17 bits per heavy atom. The van der Waals surface area contributed by atoms with Gasteiger partial charge in [0.15, 0.2) is 0 Å². The third-order valence-corrected chi connectivity index (χ3v) is 5.38. The molecule has 4 aliphatic carbocycles. The highest BCUT2D eigenvalue weighted by Crippen LogP contribution is 2.55. The van der Waals surface area contributed by atoms with Crippen LogP contribution in [0.2, 0.25) is 0 Å². The van der Waals surface area contributed by atoms with Crippen LogP contribution >= 0.6 is 0 Å². The number of rotatable bonds is 3. The molecule has 4 fully saturated rings. The molecule has 4 saturated carbocycles. The predicted molar refractivity (Wildman–Crippen MR) is 71.0 cm³/mol. The average Bonchev–Trinajstić information content (AvgIpc) is 2.35. The summed E-state index contributed by atoms with van der Waals surface area (Å²) in [5, 5.41) is 2.79. The number of carbonyl (C=O) groups excluding carboxylic acids is 1. The molecule has 0 aromatic carbocycles. The van der Waals surface area contributed by atoms with Crippen LogP contribution in [0.3, 0.4) is 0 Å². The number of amides is 2. The summed E-state index contributed by atoms with van der Waals surface area (Å²) >= 11 is 0. The van der Waals surface area contributed by atoms with Gasteiger partial charge in [0.25, 0.3) is 0 Å². The van der Waals surface area contributed by atoms with E-state index in [1.54, 1.807) is 7.05 Å². The quantitative estimate of drug-likeness (QED) is 0.797. The highest BCUT2D eigenvalue weighted by Gasteiger charge is 2.50. The van der Waals surface area contributed by atoms with Crippen molar-refractivity contribution in [2.24, 2.45) is 29.4 Å². The molecule has 2 amide bonds. The first-order chi connectivity index (χ1) is 8.72. The van der Waals surface area contributed by atoms with Crippen molar-refractivity contribution in [3.63, 3.8) is 0 Å². The molecule has 0 aromatic rings. The van der Waals surface area contributed by atoms with Crippen LogP contribution in [-0.4, -0.2) is 37.1 Å². The van der Waals surface area contributed by atoms with Gasteiger partial charge in [-0.1, -0.05) is 0 Å². The normalized spacial score (nSPS) is 40.9. The van der Waals surface area contributed by atoms with Gasteiger partial charge in [-0.25, -0.2) is 4.79 Å². The monoisotopic (exact) mass is 251 g/mol. The van der Waals surface area contributed by atoms with Gasteiger partial charge in [-0.15, -0.1) is 0 Å². The molecular formula is C14H25N3O. The van der Waals surface area contributed by atoms with Crippen LogP contribution in [0, 0.1) is 23.7 Å². The van der Waals surface area contributed by atoms with Crippen molar-refractivity contribution in [1.82, 2.24) is 10.2 Å². The summed E-state index contributed by atoms with van der Waals surface area (Å²) < 4.78 is 0. The van der Waals surface area contributed by atoms with Crippen molar-refractivity contribution in [2.75, 3.05) is 20.1 Å². The lowest BCUT2D eigenvalue weighted by atomic mass is 9.54. The Morgan fingerprint density at radius 2 is 1.72 bits per heavy atom. The standard InChI is InChI=1S/C14H25N3O/c1-16-14(18)17(3-2-15)13-11-5-9-4-10(7-11)8-12(13)6-9/h9-13H,2-8,15H2,1H3,(H,16,18). The number of nitrogens with zero attached hydrogens (tertiary/aromatic N) is 1. The third kappa shape index (κ3) is 1.91. The molecule has 0 atom stereocenters. The molecule has 0 radical (unpaired) electrons. The highest BCUT2D eigenvalue weighted by atomic mass is 16.2. The minimum atomic E-state index is 0.0675. The van der Waals surface area contributed by atoms with E-state index in [0.717, 1.165) is 23.7 Å². The molecular weight excluding hydrogens is 226 g/mol. The molecule has 0 aromatic heterocycles. The van der Waals surface area contributed by atoms with E-state index in [-0.39, 0.29) is 6.03 Å². The van der Waals surface area contributed by atoms with Gasteiger partial charge in [-0.3, -0.25) is 0 Å². The van der Waals surface area contributed by atoms with Crippen molar-refractivity contribution < 1.29 is 4.79 Å². The average molecular weight is 251 g/mol. The van der Waals surface area contributed by atoms with Gasteiger partial charge in [-0.2, -0.15) is 0 Å². The number of urea groups is 1. The Bertz CT molecular complexity index is 303. The van der Waals surface area contributed by atoms with E-state index in [1.807, 2.05) is 4.90 Å². The Morgan fingerprint density at radius 3 is 2.17 bits per heavy atom. The van der Waals surface area contributed by atoms with Gasteiger partial charge in [0.2, 0.25) is 0 Å². The summed E-state index contributed by atoms with van der Waals surface area (Å²) in [5.41, 5.74) is 5.69. The van der Waals surface area contributed by atoms with Crippen LogP contribution in [0.1, 0.15) is 32.1 Å². The number of nitrogens with two attached hydrogens (primary N) is 1. The summed E-state index contributed by atoms with van der Waals surface area (Å²) in [4.78, 5) is 14.1. The fourth-order valence-electron chi connectivity index (χ4n) is 5.07. The Hall–Kier alpha value is -0.770. The topological polar surface area (TPSA) is 58.4 Å². The van der Waals surface area contributed by atoms with E-state index < -0.39 is 0 Å². The Kier molecular flexibility index (Phi) is 3.22. The summed E-state index contributed by atoms with van der Waals surface area (Å²) in [6.45, 7) is 1.27. The van der Waals surface area contributed by atoms with E-state index in [4.69, 9.17) is 5.73 Å². The maximum atomic E-state index is 12.1. The smallest absolute Gasteiger partial charge is 0.317 e. The lowest BCUT2D eigenvalue weighted by molar-refractivity contribution is -0.0502. The van der Waals surface area contributed by atoms with Crippen LogP contribution in [0.25, 0.3) is 0 Å². The fraction of sp³-hybridized carbons (Fsp3) is 0.929. The first kappa shape index (κ1) is 12.3. The zero-order valence-electron chi connectivity index (χ0n) is 11.3. The lowest BCUT2D eigenvalue weighted by Gasteiger charge is -2.57.